The molecule has 5 nitrogen and oxygen atoms in total. The first-order chi connectivity index (χ1) is 9.68. The van der Waals surface area contributed by atoms with Gasteiger partial charge in [0.25, 0.3) is 10.0 Å². The lowest BCUT2D eigenvalue weighted by Gasteiger charge is -2.19. The van der Waals surface area contributed by atoms with Gasteiger partial charge in [0.15, 0.2) is 0 Å². The summed E-state index contributed by atoms with van der Waals surface area (Å²) < 4.78 is 32.2. The first-order valence-corrected chi connectivity index (χ1v) is 8.48. The Labute approximate surface area is 127 Å². The summed E-state index contributed by atoms with van der Waals surface area (Å²) in [6.07, 6.45) is 6.72. The zero-order chi connectivity index (χ0) is 16.1. The van der Waals surface area contributed by atoms with Crippen LogP contribution in [0.15, 0.2) is 21.6 Å². The average Bonchev–Trinajstić information content (AvgIpc) is 2.84. The van der Waals surface area contributed by atoms with E-state index in [-0.39, 0.29) is 10.6 Å². The summed E-state index contributed by atoms with van der Waals surface area (Å²) in [6.45, 7) is 8.49. The van der Waals surface area contributed by atoms with Crippen molar-refractivity contribution >= 4 is 10.0 Å². The zero-order valence-corrected chi connectivity index (χ0v) is 13.9. The maximum Gasteiger partial charge on any atom is 0.275 e. The van der Waals surface area contributed by atoms with Gasteiger partial charge in [0.1, 0.15) is 5.76 Å². The van der Waals surface area contributed by atoms with Crippen molar-refractivity contribution in [3.05, 3.63) is 17.9 Å². The van der Waals surface area contributed by atoms with E-state index in [9.17, 15) is 8.42 Å². The summed E-state index contributed by atoms with van der Waals surface area (Å²) >= 11 is 0. The fourth-order valence-electron chi connectivity index (χ4n) is 1.66. The molecule has 21 heavy (non-hydrogen) atoms. The maximum atomic E-state index is 12.2. The fraction of sp³-hybridized carbons (Fsp3) is 0.600. The smallest absolute Gasteiger partial charge is 0.275 e. The van der Waals surface area contributed by atoms with Gasteiger partial charge in [-0.2, -0.15) is 4.72 Å². The Kier molecular flexibility index (Phi) is 6.02. The molecule has 1 heterocycles. The van der Waals surface area contributed by atoms with Crippen LogP contribution in [0.4, 0.5) is 0 Å². The van der Waals surface area contributed by atoms with Gasteiger partial charge in [-0.25, -0.2) is 8.42 Å². The van der Waals surface area contributed by atoms with Gasteiger partial charge >= 0.3 is 0 Å². The SMILES string of the molecule is C#CC(CCC)NS(=O)(=O)c1ccc(CNC(C)(C)C)o1. The second-order valence-corrected chi connectivity index (χ2v) is 7.60. The molecule has 1 atom stereocenters. The van der Waals surface area contributed by atoms with Gasteiger partial charge < -0.3 is 9.73 Å². The topological polar surface area (TPSA) is 71.3 Å². The van der Waals surface area contributed by atoms with Crippen LogP contribution in [0, 0.1) is 12.3 Å². The summed E-state index contributed by atoms with van der Waals surface area (Å²) in [6, 6.07) is 2.58. The highest BCUT2D eigenvalue weighted by Gasteiger charge is 2.22. The Hall–Kier alpha value is -1.29. The molecule has 118 valence electrons. The molecular weight excluding hydrogens is 288 g/mol. The van der Waals surface area contributed by atoms with Crippen molar-refractivity contribution in [1.29, 1.82) is 0 Å². The van der Waals surface area contributed by atoms with E-state index >= 15 is 0 Å². The van der Waals surface area contributed by atoms with Crippen LogP contribution >= 0.6 is 0 Å². The Morgan fingerprint density at radius 1 is 1.38 bits per heavy atom. The van der Waals surface area contributed by atoms with Crippen LogP contribution in [-0.2, 0) is 16.6 Å². The molecule has 0 fully saturated rings. The predicted molar refractivity (Wildman–Crippen MR) is 83.2 cm³/mol. The Morgan fingerprint density at radius 2 is 2.05 bits per heavy atom. The number of rotatable bonds is 7. The molecule has 0 radical (unpaired) electrons. The van der Waals surface area contributed by atoms with E-state index in [1.165, 1.54) is 6.07 Å². The highest BCUT2D eigenvalue weighted by atomic mass is 32.2. The molecule has 0 amide bonds. The normalized spacial score (nSPS) is 13.9. The summed E-state index contributed by atoms with van der Waals surface area (Å²) in [4.78, 5) is 0. The van der Waals surface area contributed by atoms with Crippen LogP contribution in [0.2, 0.25) is 0 Å². The largest absolute Gasteiger partial charge is 0.447 e. The number of hydrogen-bond donors (Lipinski definition) is 2. The van der Waals surface area contributed by atoms with Gasteiger partial charge in [-0.15, -0.1) is 6.42 Å². The number of furan rings is 1. The van der Waals surface area contributed by atoms with E-state index in [0.29, 0.717) is 18.7 Å². The summed E-state index contributed by atoms with van der Waals surface area (Å²) in [5.41, 5.74) is -0.0697. The highest BCUT2D eigenvalue weighted by Crippen LogP contribution is 2.15. The monoisotopic (exact) mass is 312 g/mol. The highest BCUT2D eigenvalue weighted by molar-refractivity contribution is 7.89. The van der Waals surface area contributed by atoms with E-state index < -0.39 is 16.1 Å². The van der Waals surface area contributed by atoms with E-state index in [1.807, 2.05) is 27.7 Å². The van der Waals surface area contributed by atoms with Gasteiger partial charge in [-0.3, -0.25) is 0 Å². The second-order valence-electron chi connectivity index (χ2n) is 5.95. The molecule has 0 aliphatic rings. The maximum absolute atomic E-state index is 12.2. The van der Waals surface area contributed by atoms with Crippen molar-refractivity contribution in [3.8, 4) is 12.3 Å². The minimum absolute atomic E-state index is 0.0697. The van der Waals surface area contributed by atoms with Gasteiger partial charge in [-0.05, 0) is 39.3 Å². The fourth-order valence-corrected chi connectivity index (χ4v) is 2.80. The molecule has 6 heteroatoms. The zero-order valence-electron chi connectivity index (χ0n) is 13.1. The number of nitrogens with one attached hydrogen (secondary N) is 2. The van der Waals surface area contributed by atoms with Gasteiger partial charge in [0.2, 0.25) is 5.09 Å². The molecule has 0 bridgehead atoms. The standard InChI is InChI=1S/C15H24N2O3S/c1-6-8-12(7-2)17-21(18,19)14-10-9-13(20-14)11-16-15(3,4)5/h2,9-10,12,16-17H,6,8,11H2,1,3-5H3. The molecule has 2 N–H and O–H groups in total. The number of sulfonamides is 1. The summed E-state index contributed by atoms with van der Waals surface area (Å²) in [5.74, 6) is 3.00. The third-order valence-electron chi connectivity index (χ3n) is 2.77. The van der Waals surface area contributed by atoms with Crippen LogP contribution < -0.4 is 10.0 Å². The first kappa shape index (κ1) is 17.8. The number of hydrogen-bond acceptors (Lipinski definition) is 4. The lowest BCUT2D eigenvalue weighted by atomic mass is 10.1. The Morgan fingerprint density at radius 3 is 2.57 bits per heavy atom. The van der Waals surface area contributed by atoms with Crippen molar-refractivity contribution in [2.75, 3.05) is 0 Å². The quantitative estimate of drug-likeness (QED) is 0.758. The molecule has 1 aromatic rings. The molecule has 1 aromatic heterocycles. The third-order valence-corrected chi connectivity index (χ3v) is 4.11. The van der Waals surface area contributed by atoms with Crippen LogP contribution in [0.5, 0.6) is 0 Å². The van der Waals surface area contributed by atoms with Crippen molar-refractivity contribution in [2.24, 2.45) is 0 Å². The van der Waals surface area contributed by atoms with Gasteiger partial charge in [0.05, 0.1) is 12.6 Å². The Balaban J connectivity index is 2.77. The Bertz CT molecular complexity index is 591. The molecule has 0 aromatic carbocycles. The minimum atomic E-state index is -3.71. The van der Waals surface area contributed by atoms with Crippen LogP contribution in [0.3, 0.4) is 0 Å². The van der Waals surface area contributed by atoms with Crippen LogP contribution in [0.1, 0.15) is 46.3 Å². The van der Waals surface area contributed by atoms with Crippen LogP contribution in [-0.4, -0.2) is 20.0 Å². The molecule has 0 saturated heterocycles. The molecule has 0 aliphatic heterocycles. The molecule has 0 saturated carbocycles. The van der Waals surface area contributed by atoms with E-state index in [4.69, 9.17) is 10.8 Å². The minimum Gasteiger partial charge on any atom is -0.447 e. The van der Waals surface area contributed by atoms with Gasteiger partial charge in [-0.1, -0.05) is 19.3 Å². The van der Waals surface area contributed by atoms with Crippen LogP contribution in [0.25, 0.3) is 0 Å². The third kappa shape index (κ3) is 5.92. The number of terminal acetylenes is 1. The first-order valence-electron chi connectivity index (χ1n) is 7.00. The predicted octanol–water partition coefficient (Wildman–Crippen LogP) is 2.25. The molecular formula is C15H24N2O3S. The van der Waals surface area contributed by atoms with E-state index in [1.54, 1.807) is 6.07 Å². The summed E-state index contributed by atoms with van der Waals surface area (Å²) in [5, 5.41) is 3.13. The van der Waals surface area contributed by atoms with Crippen molar-refractivity contribution in [2.45, 2.75) is 63.8 Å². The molecule has 0 spiro atoms. The van der Waals surface area contributed by atoms with Crippen molar-refractivity contribution in [3.63, 3.8) is 0 Å². The lowest BCUT2D eigenvalue weighted by molar-refractivity contribution is 0.358. The second kappa shape index (κ2) is 7.12. The van der Waals surface area contributed by atoms with Gasteiger partial charge in [0, 0.05) is 5.54 Å². The summed E-state index contributed by atoms with van der Waals surface area (Å²) in [7, 11) is -3.71. The van der Waals surface area contributed by atoms with Crippen molar-refractivity contribution in [1.82, 2.24) is 10.0 Å². The lowest BCUT2D eigenvalue weighted by Crippen LogP contribution is -2.35. The van der Waals surface area contributed by atoms with E-state index in [0.717, 1.165) is 6.42 Å². The molecule has 1 rings (SSSR count). The molecule has 1 unspecified atom stereocenters. The molecule has 0 aliphatic carbocycles. The van der Waals surface area contributed by atoms with Crippen molar-refractivity contribution < 1.29 is 12.8 Å². The van der Waals surface area contributed by atoms with E-state index in [2.05, 4.69) is 16.0 Å². The average molecular weight is 312 g/mol.